The fourth-order valence-corrected chi connectivity index (χ4v) is 2.40. The molecule has 1 aromatic rings. The minimum atomic E-state index is 0.518. The van der Waals surface area contributed by atoms with Crippen molar-refractivity contribution in [1.29, 1.82) is 0 Å². The largest absolute Gasteiger partial charge is 0.495 e. The quantitative estimate of drug-likeness (QED) is 0.848. The molecular weight excluding hydrogens is 212 g/mol. The first-order valence-corrected chi connectivity index (χ1v) is 6.32. The van der Waals surface area contributed by atoms with Crippen molar-refractivity contribution in [2.24, 2.45) is 5.92 Å². The summed E-state index contributed by atoms with van der Waals surface area (Å²) in [5.41, 5.74) is 1.21. The van der Waals surface area contributed by atoms with Crippen LogP contribution < -0.4 is 15.0 Å². The average Bonchev–Trinajstić information content (AvgIpc) is 2.51. The molecule has 3 heteroatoms. The molecule has 94 valence electrons. The van der Waals surface area contributed by atoms with Gasteiger partial charge < -0.3 is 15.0 Å². The highest BCUT2D eigenvalue weighted by atomic mass is 16.5. The summed E-state index contributed by atoms with van der Waals surface area (Å²) in [6.45, 7) is 7.73. The predicted octanol–water partition coefficient (Wildman–Crippen LogP) is 2.13. The molecule has 3 nitrogen and oxygen atoms in total. The number of hydrogen-bond donors (Lipinski definition) is 1. The highest BCUT2D eigenvalue weighted by molar-refractivity contribution is 5.58. The lowest BCUT2D eigenvalue weighted by atomic mass is 10.1. The second-order valence-corrected chi connectivity index (χ2v) is 4.99. The van der Waals surface area contributed by atoms with E-state index in [1.165, 1.54) is 5.69 Å². The molecule has 17 heavy (non-hydrogen) atoms. The van der Waals surface area contributed by atoms with Crippen LogP contribution in [0.4, 0.5) is 5.69 Å². The van der Waals surface area contributed by atoms with E-state index in [1.807, 2.05) is 12.1 Å². The van der Waals surface area contributed by atoms with E-state index < -0.39 is 0 Å². The fourth-order valence-electron chi connectivity index (χ4n) is 2.40. The number of methoxy groups -OCH3 is 1. The number of para-hydroxylation sites is 2. The summed E-state index contributed by atoms with van der Waals surface area (Å²) in [5.74, 6) is 1.62. The van der Waals surface area contributed by atoms with Gasteiger partial charge in [-0.2, -0.15) is 0 Å². The topological polar surface area (TPSA) is 24.5 Å². The lowest BCUT2D eigenvalue weighted by Gasteiger charge is -2.27. The predicted molar refractivity (Wildman–Crippen MR) is 71.8 cm³/mol. The van der Waals surface area contributed by atoms with Gasteiger partial charge in [-0.1, -0.05) is 19.1 Å². The van der Waals surface area contributed by atoms with E-state index in [9.17, 15) is 0 Å². The molecule has 2 rings (SSSR count). The lowest BCUT2D eigenvalue weighted by Crippen LogP contribution is -2.35. The van der Waals surface area contributed by atoms with E-state index in [2.05, 4.69) is 36.2 Å². The molecule has 0 aromatic heterocycles. The third-order valence-corrected chi connectivity index (χ3v) is 3.27. The maximum absolute atomic E-state index is 5.45. The van der Waals surface area contributed by atoms with E-state index in [4.69, 9.17) is 4.74 Å². The van der Waals surface area contributed by atoms with Crippen LogP contribution >= 0.6 is 0 Å². The van der Waals surface area contributed by atoms with E-state index in [0.717, 1.165) is 25.4 Å². The summed E-state index contributed by atoms with van der Waals surface area (Å²) in [5, 5.41) is 3.55. The van der Waals surface area contributed by atoms with Crippen LogP contribution in [0, 0.1) is 5.92 Å². The molecule has 2 unspecified atom stereocenters. The molecule has 2 atom stereocenters. The zero-order valence-corrected chi connectivity index (χ0v) is 10.9. The summed E-state index contributed by atoms with van der Waals surface area (Å²) in [6, 6.07) is 8.79. The van der Waals surface area contributed by atoms with Gasteiger partial charge in [0.2, 0.25) is 0 Å². The number of nitrogens with zero attached hydrogens (tertiary/aromatic N) is 1. The molecule has 0 bridgehead atoms. The number of anilines is 1. The normalized spacial score (nSPS) is 25.5. The van der Waals surface area contributed by atoms with Crippen molar-refractivity contribution in [2.45, 2.75) is 19.9 Å². The number of ether oxygens (including phenoxy) is 1. The average molecular weight is 234 g/mol. The number of hydrogen-bond acceptors (Lipinski definition) is 3. The van der Waals surface area contributed by atoms with Gasteiger partial charge in [0.05, 0.1) is 12.8 Å². The molecule has 1 N–H and O–H groups in total. The van der Waals surface area contributed by atoms with Crippen LogP contribution in [0.15, 0.2) is 24.3 Å². The molecule has 0 saturated carbocycles. The van der Waals surface area contributed by atoms with Crippen LogP contribution in [0.5, 0.6) is 5.75 Å². The number of nitrogens with one attached hydrogen (secondary N) is 1. The van der Waals surface area contributed by atoms with Gasteiger partial charge in [0.15, 0.2) is 0 Å². The van der Waals surface area contributed by atoms with Crippen LogP contribution in [-0.4, -0.2) is 32.8 Å². The van der Waals surface area contributed by atoms with E-state index in [-0.39, 0.29) is 0 Å². The molecule has 0 amide bonds. The standard InChI is InChI=1S/C14H22N2O/c1-11-8-15-12(2)10-16(9-11)13-6-4-5-7-14(13)17-3/h4-7,11-12,15H,8-10H2,1-3H3. The summed E-state index contributed by atoms with van der Waals surface area (Å²) < 4.78 is 5.45. The van der Waals surface area contributed by atoms with Gasteiger partial charge in [0.25, 0.3) is 0 Å². The monoisotopic (exact) mass is 234 g/mol. The zero-order valence-electron chi connectivity index (χ0n) is 10.9. The first-order valence-electron chi connectivity index (χ1n) is 6.32. The van der Waals surface area contributed by atoms with Crippen molar-refractivity contribution in [1.82, 2.24) is 5.32 Å². The highest BCUT2D eigenvalue weighted by Crippen LogP contribution is 2.28. The van der Waals surface area contributed by atoms with Crippen LogP contribution in [0.3, 0.4) is 0 Å². The van der Waals surface area contributed by atoms with Crippen LogP contribution in [0.1, 0.15) is 13.8 Å². The Kier molecular flexibility index (Phi) is 3.89. The minimum absolute atomic E-state index is 0.518. The Morgan fingerprint density at radius 1 is 1.24 bits per heavy atom. The maximum Gasteiger partial charge on any atom is 0.142 e. The molecule has 1 fully saturated rings. The lowest BCUT2D eigenvalue weighted by molar-refractivity contribution is 0.413. The molecular formula is C14H22N2O. The molecule has 0 spiro atoms. The van der Waals surface area contributed by atoms with E-state index in [1.54, 1.807) is 7.11 Å². The second-order valence-electron chi connectivity index (χ2n) is 4.99. The summed E-state index contributed by atoms with van der Waals surface area (Å²) in [4.78, 5) is 2.42. The van der Waals surface area contributed by atoms with Crippen LogP contribution in [-0.2, 0) is 0 Å². The summed E-state index contributed by atoms with van der Waals surface area (Å²) in [6.07, 6.45) is 0. The van der Waals surface area contributed by atoms with Crippen molar-refractivity contribution in [3.05, 3.63) is 24.3 Å². The molecule has 0 radical (unpaired) electrons. The van der Waals surface area contributed by atoms with Crippen molar-refractivity contribution in [2.75, 3.05) is 31.6 Å². The van der Waals surface area contributed by atoms with Gasteiger partial charge in [0.1, 0.15) is 5.75 Å². The Morgan fingerprint density at radius 2 is 2.00 bits per heavy atom. The number of rotatable bonds is 2. The van der Waals surface area contributed by atoms with Gasteiger partial charge in [-0.05, 0) is 31.5 Å². The Bertz CT molecular complexity index is 355. The SMILES string of the molecule is COc1ccccc1N1CC(C)CNC(C)C1. The molecule has 1 aromatic carbocycles. The summed E-state index contributed by atoms with van der Waals surface area (Å²) >= 11 is 0. The smallest absolute Gasteiger partial charge is 0.142 e. The van der Waals surface area contributed by atoms with Crippen molar-refractivity contribution in [3.8, 4) is 5.75 Å². The van der Waals surface area contributed by atoms with E-state index in [0.29, 0.717) is 12.0 Å². The maximum atomic E-state index is 5.45. The van der Waals surface area contributed by atoms with Crippen LogP contribution in [0.2, 0.25) is 0 Å². The van der Waals surface area contributed by atoms with Gasteiger partial charge in [-0.15, -0.1) is 0 Å². The van der Waals surface area contributed by atoms with Crippen LogP contribution in [0.25, 0.3) is 0 Å². The van der Waals surface area contributed by atoms with Gasteiger partial charge in [-0.3, -0.25) is 0 Å². The molecule has 1 heterocycles. The number of benzene rings is 1. The van der Waals surface area contributed by atoms with Gasteiger partial charge >= 0.3 is 0 Å². The zero-order chi connectivity index (χ0) is 12.3. The molecule has 1 aliphatic heterocycles. The third-order valence-electron chi connectivity index (χ3n) is 3.27. The molecule has 1 saturated heterocycles. The third kappa shape index (κ3) is 2.91. The Morgan fingerprint density at radius 3 is 2.76 bits per heavy atom. The van der Waals surface area contributed by atoms with Gasteiger partial charge in [0, 0.05) is 19.1 Å². The Hall–Kier alpha value is -1.22. The second kappa shape index (κ2) is 5.41. The van der Waals surface area contributed by atoms with Crippen molar-refractivity contribution < 1.29 is 4.74 Å². The highest BCUT2D eigenvalue weighted by Gasteiger charge is 2.20. The summed E-state index contributed by atoms with van der Waals surface area (Å²) in [7, 11) is 1.74. The van der Waals surface area contributed by atoms with Gasteiger partial charge in [-0.25, -0.2) is 0 Å². The van der Waals surface area contributed by atoms with E-state index >= 15 is 0 Å². The fraction of sp³-hybridized carbons (Fsp3) is 0.571. The Balaban J connectivity index is 2.24. The van der Waals surface area contributed by atoms with Crippen molar-refractivity contribution in [3.63, 3.8) is 0 Å². The Labute approximate surface area is 104 Å². The first kappa shape index (κ1) is 12.2. The molecule has 1 aliphatic rings. The van der Waals surface area contributed by atoms with Crippen molar-refractivity contribution >= 4 is 5.69 Å². The first-order chi connectivity index (χ1) is 8.20. The molecule has 0 aliphatic carbocycles. The minimum Gasteiger partial charge on any atom is -0.495 e.